The highest BCUT2D eigenvalue weighted by molar-refractivity contribution is 5.82. The highest BCUT2D eigenvalue weighted by atomic mass is 16.4. The van der Waals surface area contributed by atoms with Crippen molar-refractivity contribution in [2.75, 3.05) is 26.7 Å². The van der Waals surface area contributed by atoms with Gasteiger partial charge in [-0.05, 0) is 31.7 Å². The standard InChI is InChI=1S/C17H22N4O4/c1-11-3-4-14-12(9-11)21(17(24)25-14)6-5-15(22)20-8-7-19(2)13(10-20)16(18)23/h3-4,9,13H,5-8,10H2,1-2H3,(H2,18,23)/t13-/m1/s1. The van der Waals surface area contributed by atoms with Crippen LogP contribution in [0.2, 0.25) is 0 Å². The Bertz CT molecular complexity index is 869. The summed E-state index contributed by atoms with van der Waals surface area (Å²) in [4.78, 5) is 39.5. The molecule has 0 spiro atoms. The Labute approximate surface area is 144 Å². The van der Waals surface area contributed by atoms with Crippen LogP contribution in [0.4, 0.5) is 0 Å². The van der Waals surface area contributed by atoms with Gasteiger partial charge in [0, 0.05) is 32.6 Å². The van der Waals surface area contributed by atoms with Gasteiger partial charge in [0.1, 0.15) is 6.04 Å². The van der Waals surface area contributed by atoms with Crippen molar-refractivity contribution in [3.8, 4) is 0 Å². The molecule has 0 unspecified atom stereocenters. The monoisotopic (exact) mass is 346 g/mol. The van der Waals surface area contributed by atoms with E-state index in [4.69, 9.17) is 10.2 Å². The van der Waals surface area contributed by atoms with Gasteiger partial charge in [-0.1, -0.05) is 6.07 Å². The molecule has 2 amide bonds. The van der Waals surface area contributed by atoms with E-state index in [1.54, 1.807) is 11.0 Å². The van der Waals surface area contributed by atoms with Gasteiger partial charge >= 0.3 is 5.76 Å². The zero-order valence-corrected chi connectivity index (χ0v) is 14.4. The van der Waals surface area contributed by atoms with Crippen molar-refractivity contribution in [2.45, 2.75) is 25.9 Å². The smallest absolute Gasteiger partial charge is 0.408 e. The molecule has 0 aliphatic carbocycles. The molecule has 25 heavy (non-hydrogen) atoms. The zero-order chi connectivity index (χ0) is 18.1. The minimum Gasteiger partial charge on any atom is -0.408 e. The van der Waals surface area contributed by atoms with E-state index in [9.17, 15) is 14.4 Å². The number of rotatable bonds is 4. The molecule has 1 saturated heterocycles. The maximum absolute atomic E-state index is 12.5. The molecule has 2 N–H and O–H groups in total. The van der Waals surface area contributed by atoms with Crippen LogP contribution in [-0.4, -0.2) is 58.9 Å². The summed E-state index contributed by atoms with van der Waals surface area (Å²) in [5.74, 6) is -1.01. The lowest BCUT2D eigenvalue weighted by Crippen LogP contribution is -2.58. The maximum Gasteiger partial charge on any atom is 0.419 e. The van der Waals surface area contributed by atoms with Gasteiger partial charge in [-0.15, -0.1) is 0 Å². The van der Waals surface area contributed by atoms with Crippen molar-refractivity contribution < 1.29 is 14.0 Å². The molecule has 0 bridgehead atoms. The van der Waals surface area contributed by atoms with Crippen molar-refractivity contribution >= 4 is 22.9 Å². The predicted molar refractivity (Wildman–Crippen MR) is 92.0 cm³/mol. The number of oxazole rings is 1. The largest absolute Gasteiger partial charge is 0.419 e. The molecule has 3 rings (SSSR count). The molecule has 1 aromatic carbocycles. The van der Waals surface area contributed by atoms with Gasteiger partial charge in [0.2, 0.25) is 11.8 Å². The number of likely N-dealkylation sites (N-methyl/N-ethyl adjacent to an activating group) is 1. The third-order valence-corrected chi connectivity index (χ3v) is 4.70. The molecule has 1 aliphatic heterocycles. The number of primary amides is 1. The first-order chi connectivity index (χ1) is 11.9. The van der Waals surface area contributed by atoms with Gasteiger partial charge in [0.15, 0.2) is 5.58 Å². The lowest BCUT2D eigenvalue weighted by molar-refractivity contribution is -0.136. The van der Waals surface area contributed by atoms with Crippen LogP contribution >= 0.6 is 0 Å². The van der Waals surface area contributed by atoms with Crippen molar-refractivity contribution in [3.05, 3.63) is 34.3 Å². The lowest BCUT2D eigenvalue weighted by atomic mass is 10.1. The Balaban J connectivity index is 1.71. The Morgan fingerprint density at radius 1 is 1.32 bits per heavy atom. The summed E-state index contributed by atoms with van der Waals surface area (Å²) in [5, 5.41) is 0. The topological polar surface area (TPSA) is 102 Å². The summed E-state index contributed by atoms with van der Waals surface area (Å²) in [6, 6.07) is 5.01. The third kappa shape index (κ3) is 3.43. The number of aromatic nitrogens is 1. The number of carbonyl (C=O) groups is 2. The van der Waals surface area contributed by atoms with Crippen LogP contribution in [0.1, 0.15) is 12.0 Å². The first-order valence-corrected chi connectivity index (χ1v) is 8.24. The number of nitrogens with zero attached hydrogens (tertiary/aromatic N) is 3. The van der Waals surface area contributed by atoms with Crippen molar-refractivity contribution in [2.24, 2.45) is 5.73 Å². The van der Waals surface area contributed by atoms with Crippen LogP contribution in [0.3, 0.4) is 0 Å². The summed E-state index contributed by atoms with van der Waals surface area (Å²) in [6.07, 6.45) is 0.164. The summed E-state index contributed by atoms with van der Waals surface area (Å²) in [6.45, 7) is 3.58. The maximum atomic E-state index is 12.5. The first-order valence-electron chi connectivity index (χ1n) is 8.24. The molecule has 134 valence electrons. The molecule has 2 aromatic rings. The van der Waals surface area contributed by atoms with Crippen LogP contribution in [0.15, 0.2) is 27.4 Å². The fraction of sp³-hybridized carbons (Fsp3) is 0.471. The van der Waals surface area contributed by atoms with Gasteiger partial charge in [0.05, 0.1) is 5.52 Å². The first kappa shape index (κ1) is 17.2. The van der Waals surface area contributed by atoms with Crippen LogP contribution in [0, 0.1) is 6.92 Å². The molecular weight excluding hydrogens is 324 g/mol. The Hall–Kier alpha value is -2.61. The SMILES string of the molecule is Cc1ccc2oc(=O)n(CCC(=O)N3CCN(C)[C@@H](C(N)=O)C3)c2c1. The molecule has 2 heterocycles. The molecule has 1 aliphatic rings. The fourth-order valence-corrected chi connectivity index (χ4v) is 3.16. The number of hydrogen-bond donors (Lipinski definition) is 1. The second-order valence-corrected chi connectivity index (χ2v) is 6.48. The van der Waals surface area contributed by atoms with Crippen LogP contribution < -0.4 is 11.5 Å². The summed E-state index contributed by atoms with van der Waals surface area (Å²) < 4.78 is 6.68. The number of benzene rings is 1. The molecule has 1 aromatic heterocycles. The number of hydrogen-bond acceptors (Lipinski definition) is 5. The second-order valence-electron chi connectivity index (χ2n) is 6.48. The van der Waals surface area contributed by atoms with E-state index in [2.05, 4.69) is 0 Å². The van der Waals surface area contributed by atoms with E-state index >= 15 is 0 Å². The van der Waals surface area contributed by atoms with E-state index in [1.807, 2.05) is 31.0 Å². The van der Waals surface area contributed by atoms with Gasteiger partial charge < -0.3 is 15.1 Å². The summed E-state index contributed by atoms with van der Waals surface area (Å²) in [7, 11) is 1.82. The van der Waals surface area contributed by atoms with E-state index < -0.39 is 17.7 Å². The second kappa shape index (κ2) is 6.72. The molecule has 1 fully saturated rings. The van der Waals surface area contributed by atoms with Crippen molar-refractivity contribution in [3.63, 3.8) is 0 Å². The normalized spacial score (nSPS) is 18.6. The fourth-order valence-electron chi connectivity index (χ4n) is 3.16. The Kier molecular flexibility index (Phi) is 4.63. The summed E-state index contributed by atoms with van der Waals surface area (Å²) >= 11 is 0. The highest BCUT2D eigenvalue weighted by Crippen LogP contribution is 2.16. The van der Waals surface area contributed by atoms with Crippen LogP contribution in [0.25, 0.3) is 11.1 Å². The molecule has 8 nitrogen and oxygen atoms in total. The zero-order valence-electron chi connectivity index (χ0n) is 14.4. The molecule has 1 atom stereocenters. The number of fused-ring (bicyclic) bond motifs is 1. The minimum absolute atomic E-state index is 0.103. The predicted octanol–water partition coefficient (Wildman–Crippen LogP) is -0.0791. The molecular formula is C17H22N4O4. The van der Waals surface area contributed by atoms with Gasteiger partial charge in [-0.2, -0.15) is 0 Å². The van der Waals surface area contributed by atoms with Crippen molar-refractivity contribution in [1.29, 1.82) is 0 Å². The number of piperazine rings is 1. The highest BCUT2D eigenvalue weighted by Gasteiger charge is 2.30. The number of amides is 2. The molecule has 0 radical (unpaired) electrons. The van der Waals surface area contributed by atoms with Gasteiger partial charge in [-0.3, -0.25) is 19.1 Å². The van der Waals surface area contributed by atoms with E-state index in [1.165, 1.54) is 4.57 Å². The Morgan fingerprint density at radius 2 is 2.08 bits per heavy atom. The third-order valence-electron chi connectivity index (χ3n) is 4.70. The lowest BCUT2D eigenvalue weighted by Gasteiger charge is -2.37. The van der Waals surface area contributed by atoms with E-state index in [0.29, 0.717) is 24.2 Å². The van der Waals surface area contributed by atoms with E-state index in [-0.39, 0.29) is 25.4 Å². The van der Waals surface area contributed by atoms with Crippen molar-refractivity contribution in [1.82, 2.24) is 14.4 Å². The Morgan fingerprint density at radius 3 is 2.80 bits per heavy atom. The summed E-state index contributed by atoms with van der Waals surface area (Å²) in [5.41, 5.74) is 7.60. The van der Waals surface area contributed by atoms with Gasteiger partial charge in [-0.25, -0.2) is 4.79 Å². The quantitative estimate of drug-likeness (QED) is 0.834. The van der Waals surface area contributed by atoms with Crippen LogP contribution in [-0.2, 0) is 16.1 Å². The molecule has 8 heteroatoms. The number of carbonyl (C=O) groups excluding carboxylic acids is 2. The number of aryl methyl sites for hydroxylation is 2. The average Bonchev–Trinajstić information content (AvgIpc) is 2.87. The average molecular weight is 346 g/mol. The number of nitrogens with two attached hydrogens (primary N) is 1. The molecule has 0 saturated carbocycles. The van der Waals surface area contributed by atoms with E-state index in [0.717, 1.165) is 5.56 Å². The van der Waals surface area contributed by atoms with Gasteiger partial charge in [0.25, 0.3) is 0 Å². The van der Waals surface area contributed by atoms with Crippen LogP contribution in [0.5, 0.6) is 0 Å². The minimum atomic E-state index is -0.474.